The number of hydrogen-bond acceptors (Lipinski definition) is 7. The molecule has 0 unspecified atom stereocenters. The molecule has 0 aliphatic carbocycles. The van der Waals surface area contributed by atoms with Crippen molar-refractivity contribution in [1.29, 1.82) is 0 Å². The summed E-state index contributed by atoms with van der Waals surface area (Å²) in [7, 11) is 0. The standard InChI is InChI=1S/C24H23N5O4/c1-24(2,12-20-27-21(29-33-20)18-5-3-4-10-32-18)23-26-17-8-6-14(11-16(17)22(31)28-23)15-7-9-19(30)25-13-15/h5-9,11,13H,3-4,10,12H2,1-2H3,(H,25,30)(H,26,28,31). The van der Waals surface area contributed by atoms with Gasteiger partial charge >= 0.3 is 0 Å². The molecule has 1 aliphatic heterocycles. The van der Waals surface area contributed by atoms with E-state index < -0.39 is 5.41 Å². The molecule has 0 fully saturated rings. The van der Waals surface area contributed by atoms with Crippen LogP contribution in [-0.4, -0.2) is 31.7 Å². The molecular weight excluding hydrogens is 422 g/mol. The lowest BCUT2D eigenvalue weighted by Gasteiger charge is -2.21. The molecule has 0 amide bonds. The van der Waals surface area contributed by atoms with Gasteiger partial charge in [0.1, 0.15) is 5.82 Å². The van der Waals surface area contributed by atoms with Crippen molar-refractivity contribution in [3.63, 3.8) is 0 Å². The zero-order valence-electron chi connectivity index (χ0n) is 18.3. The van der Waals surface area contributed by atoms with E-state index in [0.717, 1.165) is 24.0 Å². The number of allylic oxidation sites excluding steroid dienone is 1. The summed E-state index contributed by atoms with van der Waals surface area (Å²) in [4.78, 5) is 39.0. The summed E-state index contributed by atoms with van der Waals surface area (Å²) in [6.45, 7) is 4.57. The van der Waals surface area contributed by atoms with E-state index >= 15 is 0 Å². The van der Waals surface area contributed by atoms with Crippen molar-refractivity contribution < 1.29 is 9.26 Å². The Balaban J connectivity index is 1.44. The fraction of sp³-hybridized carbons (Fsp3) is 0.292. The topological polar surface area (TPSA) is 127 Å². The largest absolute Gasteiger partial charge is 0.490 e. The molecular formula is C24H23N5O4. The molecule has 4 heterocycles. The molecule has 4 aromatic rings. The third kappa shape index (κ3) is 4.21. The normalized spacial score (nSPS) is 14.2. The maximum absolute atomic E-state index is 12.9. The molecule has 1 aromatic carbocycles. The molecule has 5 rings (SSSR count). The van der Waals surface area contributed by atoms with E-state index in [4.69, 9.17) is 14.2 Å². The molecule has 0 saturated carbocycles. The van der Waals surface area contributed by atoms with Gasteiger partial charge in [0.25, 0.3) is 5.56 Å². The van der Waals surface area contributed by atoms with Crippen molar-refractivity contribution in [2.75, 3.05) is 6.61 Å². The minimum absolute atomic E-state index is 0.178. The first-order chi connectivity index (χ1) is 15.9. The molecule has 0 radical (unpaired) electrons. The van der Waals surface area contributed by atoms with Gasteiger partial charge in [0.15, 0.2) is 5.76 Å². The van der Waals surface area contributed by atoms with Gasteiger partial charge < -0.3 is 19.2 Å². The highest BCUT2D eigenvalue weighted by molar-refractivity contribution is 5.83. The Hall–Kier alpha value is -4.01. The Labute approximate surface area is 188 Å². The molecule has 1 aliphatic rings. The predicted octanol–water partition coefficient (Wildman–Crippen LogP) is 3.33. The Morgan fingerprint density at radius 2 is 1.94 bits per heavy atom. The van der Waals surface area contributed by atoms with Gasteiger partial charge in [-0.15, -0.1) is 0 Å². The van der Waals surface area contributed by atoms with E-state index in [0.29, 0.717) is 47.2 Å². The van der Waals surface area contributed by atoms with E-state index in [-0.39, 0.29) is 11.1 Å². The summed E-state index contributed by atoms with van der Waals surface area (Å²) < 4.78 is 11.0. The Kier molecular flexibility index (Phi) is 5.16. The highest BCUT2D eigenvalue weighted by Gasteiger charge is 2.28. The molecule has 3 aromatic heterocycles. The quantitative estimate of drug-likeness (QED) is 0.482. The van der Waals surface area contributed by atoms with Crippen molar-refractivity contribution in [2.24, 2.45) is 0 Å². The summed E-state index contributed by atoms with van der Waals surface area (Å²) in [6, 6.07) is 8.62. The number of rotatable bonds is 5. The van der Waals surface area contributed by atoms with Crippen molar-refractivity contribution in [1.82, 2.24) is 25.1 Å². The number of H-pyrrole nitrogens is 2. The van der Waals surface area contributed by atoms with Crippen LogP contribution in [0.3, 0.4) is 0 Å². The second kappa shape index (κ2) is 8.16. The van der Waals surface area contributed by atoms with Crippen LogP contribution in [0.25, 0.3) is 27.8 Å². The van der Waals surface area contributed by atoms with E-state index in [1.807, 2.05) is 32.1 Å². The molecule has 33 heavy (non-hydrogen) atoms. The first-order valence-corrected chi connectivity index (χ1v) is 10.8. The minimum atomic E-state index is -0.559. The van der Waals surface area contributed by atoms with Crippen LogP contribution in [0, 0.1) is 0 Å². The third-order valence-corrected chi connectivity index (χ3v) is 5.68. The number of fused-ring (bicyclic) bond motifs is 1. The van der Waals surface area contributed by atoms with Crippen molar-refractivity contribution >= 4 is 16.7 Å². The average molecular weight is 445 g/mol. The van der Waals surface area contributed by atoms with Crippen LogP contribution in [0.4, 0.5) is 0 Å². The number of aromatic nitrogens is 5. The van der Waals surface area contributed by atoms with Gasteiger partial charge in [-0.25, -0.2) is 4.98 Å². The van der Waals surface area contributed by atoms with Gasteiger partial charge in [-0.2, -0.15) is 4.98 Å². The second-order valence-corrected chi connectivity index (χ2v) is 8.72. The minimum Gasteiger partial charge on any atom is -0.490 e. The Morgan fingerprint density at radius 3 is 2.70 bits per heavy atom. The zero-order chi connectivity index (χ0) is 23.0. The molecule has 0 bridgehead atoms. The van der Waals surface area contributed by atoms with Gasteiger partial charge in [0, 0.05) is 24.1 Å². The van der Waals surface area contributed by atoms with E-state index in [1.54, 1.807) is 18.3 Å². The first kappa shape index (κ1) is 20.9. The zero-order valence-corrected chi connectivity index (χ0v) is 18.3. The van der Waals surface area contributed by atoms with Gasteiger partial charge in [0.2, 0.25) is 17.3 Å². The summed E-state index contributed by atoms with van der Waals surface area (Å²) in [5.41, 5.74) is 1.24. The van der Waals surface area contributed by atoms with E-state index in [2.05, 4.69) is 20.1 Å². The third-order valence-electron chi connectivity index (χ3n) is 5.68. The van der Waals surface area contributed by atoms with Crippen molar-refractivity contribution in [3.8, 4) is 11.1 Å². The smallest absolute Gasteiger partial charge is 0.258 e. The van der Waals surface area contributed by atoms with Crippen LogP contribution in [-0.2, 0) is 16.6 Å². The van der Waals surface area contributed by atoms with Gasteiger partial charge in [-0.1, -0.05) is 25.1 Å². The van der Waals surface area contributed by atoms with Crippen molar-refractivity contribution in [2.45, 2.75) is 38.5 Å². The Morgan fingerprint density at radius 1 is 1.09 bits per heavy atom. The van der Waals surface area contributed by atoms with Crippen LogP contribution < -0.4 is 11.1 Å². The number of aromatic amines is 2. The fourth-order valence-corrected chi connectivity index (χ4v) is 3.83. The number of nitrogens with one attached hydrogen (secondary N) is 2. The monoisotopic (exact) mass is 445 g/mol. The van der Waals surface area contributed by atoms with Crippen LogP contribution >= 0.6 is 0 Å². The van der Waals surface area contributed by atoms with E-state index in [1.165, 1.54) is 6.07 Å². The summed E-state index contributed by atoms with van der Waals surface area (Å²) in [5.74, 6) is 2.06. The van der Waals surface area contributed by atoms with Crippen LogP contribution in [0.15, 0.2) is 56.7 Å². The SMILES string of the molecule is CC(C)(Cc1nc(C2=CCCCO2)no1)c1nc2ccc(-c3ccc(=O)[nH]c3)cc2c(=O)[nH]1. The molecule has 0 atom stereocenters. The Bertz CT molecular complexity index is 1460. The number of hydrogen-bond donors (Lipinski definition) is 2. The van der Waals surface area contributed by atoms with Gasteiger partial charge in [-0.05, 0) is 48.2 Å². The molecule has 9 heteroatoms. The highest BCUT2D eigenvalue weighted by atomic mass is 16.5. The average Bonchev–Trinajstić information content (AvgIpc) is 3.28. The molecule has 0 spiro atoms. The molecule has 2 N–H and O–H groups in total. The maximum Gasteiger partial charge on any atom is 0.258 e. The molecule has 168 valence electrons. The van der Waals surface area contributed by atoms with E-state index in [9.17, 15) is 9.59 Å². The summed E-state index contributed by atoms with van der Waals surface area (Å²) in [5, 5.41) is 4.51. The second-order valence-electron chi connectivity index (χ2n) is 8.72. The highest BCUT2D eigenvalue weighted by Crippen LogP contribution is 2.27. The van der Waals surface area contributed by atoms with Crippen LogP contribution in [0.5, 0.6) is 0 Å². The number of nitrogens with zero attached hydrogens (tertiary/aromatic N) is 3. The van der Waals surface area contributed by atoms with Crippen molar-refractivity contribution in [3.05, 3.63) is 80.9 Å². The number of pyridine rings is 1. The van der Waals surface area contributed by atoms with Gasteiger partial charge in [0.05, 0.1) is 17.5 Å². The lowest BCUT2D eigenvalue weighted by Crippen LogP contribution is -2.27. The lowest BCUT2D eigenvalue weighted by atomic mass is 9.88. The number of benzene rings is 1. The van der Waals surface area contributed by atoms with Crippen LogP contribution in [0.1, 0.15) is 44.2 Å². The predicted molar refractivity (Wildman–Crippen MR) is 123 cm³/mol. The molecule has 9 nitrogen and oxygen atoms in total. The first-order valence-electron chi connectivity index (χ1n) is 10.8. The maximum atomic E-state index is 12.9. The molecule has 0 saturated heterocycles. The van der Waals surface area contributed by atoms with Crippen LogP contribution in [0.2, 0.25) is 0 Å². The summed E-state index contributed by atoms with van der Waals surface area (Å²) in [6.07, 6.45) is 5.89. The lowest BCUT2D eigenvalue weighted by molar-refractivity contribution is 0.254. The van der Waals surface area contributed by atoms with Gasteiger partial charge in [-0.3, -0.25) is 9.59 Å². The number of ether oxygens (including phenoxy) is 1. The fourth-order valence-electron chi connectivity index (χ4n) is 3.83. The summed E-state index contributed by atoms with van der Waals surface area (Å²) >= 11 is 0.